The average Bonchev–Trinajstić information content (AvgIpc) is 2.53. The van der Waals surface area contributed by atoms with Crippen molar-refractivity contribution in [3.05, 3.63) is 29.3 Å². The van der Waals surface area contributed by atoms with Gasteiger partial charge in [0.15, 0.2) is 5.78 Å². The van der Waals surface area contributed by atoms with Crippen molar-refractivity contribution in [3.63, 3.8) is 0 Å². The van der Waals surface area contributed by atoms with Crippen LogP contribution in [0.25, 0.3) is 0 Å². The summed E-state index contributed by atoms with van der Waals surface area (Å²) < 4.78 is 0. The summed E-state index contributed by atoms with van der Waals surface area (Å²) >= 11 is 0. The highest BCUT2D eigenvalue weighted by atomic mass is 16.1. The number of Topliss-reactive ketones (excluding diaryl/α,β-unsaturated/α-hetero) is 1. The van der Waals surface area contributed by atoms with Gasteiger partial charge >= 0.3 is 0 Å². The minimum atomic E-state index is 0.00455. The number of anilines is 1. The maximum absolute atomic E-state index is 12.0. The Kier molecular flexibility index (Phi) is 2.04. The summed E-state index contributed by atoms with van der Waals surface area (Å²) in [6.45, 7) is 1.54. The van der Waals surface area contributed by atoms with Crippen LogP contribution in [0.3, 0.4) is 0 Å². The Bertz CT molecular complexity index is 478. The Labute approximate surface area is 93.0 Å². The Morgan fingerprint density at radius 3 is 2.81 bits per heavy atom. The van der Waals surface area contributed by atoms with Gasteiger partial charge in [0.05, 0.1) is 6.42 Å². The summed E-state index contributed by atoms with van der Waals surface area (Å²) in [5, 5.41) is 5.84. The predicted octanol–water partition coefficient (Wildman–Crippen LogP) is 0.583. The third-order valence-electron chi connectivity index (χ3n) is 3.17. The van der Waals surface area contributed by atoms with Crippen molar-refractivity contribution in [2.45, 2.75) is 6.42 Å². The zero-order chi connectivity index (χ0) is 11.1. The van der Waals surface area contributed by atoms with Crippen LogP contribution in [-0.4, -0.2) is 24.8 Å². The molecule has 2 aliphatic heterocycles. The molecule has 0 saturated carbocycles. The zero-order valence-corrected chi connectivity index (χ0v) is 8.75. The molecule has 0 bridgehead atoms. The zero-order valence-electron chi connectivity index (χ0n) is 8.75. The summed E-state index contributed by atoms with van der Waals surface area (Å²) in [5.74, 6) is 0.300. The third kappa shape index (κ3) is 1.42. The average molecular weight is 216 g/mol. The highest BCUT2D eigenvalue weighted by Gasteiger charge is 2.27. The maximum Gasteiger partial charge on any atom is 0.228 e. The topological polar surface area (TPSA) is 58.2 Å². The van der Waals surface area contributed by atoms with Gasteiger partial charge in [-0.15, -0.1) is 0 Å². The first-order valence-electron chi connectivity index (χ1n) is 5.42. The highest BCUT2D eigenvalue weighted by molar-refractivity contribution is 6.03. The number of rotatable bonds is 2. The van der Waals surface area contributed by atoms with Crippen LogP contribution in [0.1, 0.15) is 15.9 Å². The van der Waals surface area contributed by atoms with Crippen LogP contribution in [0.15, 0.2) is 18.2 Å². The molecule has 0 spiro atoms. The number of amides is 1. The van der Waals surface area contributed by atoms with E-state index in [2.05, 4.69) is 10.6 Å². The van der Waals surface area contributed by atoms with E-state index in [1.165, 1.54) is 0 Å². The Morgan fingerprint density at radius 2 is 2.12 bits per heavy atom. The van der Waals surface area contributed by atoms with E-state index < -0.39 is 0 Å². The second kappa shape index (κ2) is 3.42. The van der Waals surface area contributed by atoms with Gasteiger partial charge in [0.1, 0.15) is 0 Å². The van der Waals surface area contributed by atoms with E-state index in [4.69, 9.17) is 0 Å². The fourth-order valence-corrected chi connectivity index (χ4v) is 2.09. The molecule has 82 valence electrons. The van der Waals surface area contributed by atoms with Crippen molar-refractivity contribution in [2.75, 3.05) is 18.4 Å². The van der Waals surface area contributed by atoms with E-state index in [9.17, 15) is 9.59 Å². The van der Waals surface area contributed by atoms with Crippen molar-refractivity contribution in [2.24, 2.45) is 5.92 Å². The molecular weight excluding hydrogens is 204 g/mol. The summed E-state index contributed by atoms with van der Waals surface area (Å²) in [6.07, 6.45) is 0.388. The number of benzene rings is 1. The molecule has 0 radical (unpaired) electrons. The van der Waals surface area contributed by atoms with Crippen molar-refractivity contribution >= 4 is 17.4 Å². The van der Waals surface area contributed by atoms with Gasteiger partial charge in [0, 0.05) is 30.3 Å². The number of ketones is 1. The van der Waals surface area contributed by atoms with Crippen molar-refractivity contribution in [3.8, 4) is 0 Å². The van der Waals surface area contributed by atoms with Crippen LogP contribution >= 0.6 is 0 Å². The van der Waals surface area contributed by atoms with Gasteiger partial charge in [-0.1, -0.05) is 0 Å². The predicted molar refractivity (Wildman–Crippen MR) is 59.5 cm³/mol. The molecule has 16 heavy (non-hydrogen) atoms. The number of fused-ring (bicyclic) bond motifs is 1. The van der Waals surface area contributed by atoms with Gasteiger partial charge in [-0.2, -0.15) is 0 Å². The molecule has 2 aliphatic rings. The Hall–Kier alpha value is -1.68. The molecule has 0 unspecified atom stereocenters. The van der Waals surface area contributed by atoms with E-state index in [0.717, 1.165) is 29.9 Å². The molecule has 3 rings (SSSR count). The number of carbonyl (C=O) groups excluding carboxylic acids is 2. The minimum absolute atomic E-state index is 0.00455. The molecule has 2 heterocycles. The van der Waals surface area contributed by atoms with E-state index in [-0.39, 0.29) is 17.6 Å². The molecule has 1 aromatic carbocycles. The first-order valence-corrected chi connectivity index (χ1v) is 5.42. The lowest BCUT2D eigenvalue weighted by Crippen LogP contribution is -2.46. The molecule has 0 atom stereocenters. The Morgan fingerprint density at radius 1 is 1.31 bits per heavy atom. The highest BCUT2D eigenvalue weighted by Crippen LogP contribution is 2.25. The summed E-state index contributed by atoms with van der Waals surface area (Å²) in [6, 6.07) is 5.46. The van der Waals surface area contributed by atoms with Crippen molar-refractivity contribution < 1.29 is 9.59 Å². The van der Waals surface area contributed by atoms with E-state index >= 15 is 0 Å². The summed E-state index contributed by atoms with van der Waals surface area (Å²) in [4.78, 5) is 23.1. The van der Waals surface area contributed by atoms with E-state index in [0.29, 0.717) is 6.42 Å². The lowest BCUT2D eigenvalue weighted by atomic mass is 9.92. The van der Waals surface area contributed by atoms with Crippen LogP contribution in [0.4, 0.5) is 5.69 Å². The summed E-state index contributed by atoms with van der Waals surface area (Å²) in [5.41, 5.74) is 2.50. The van der Waals surface area contributed by atoms with Gasteiger partial charge in [-0.25, -0.2) is 0 Å². The number of nitrogens with one attached hydrogen (secondary N) is 2. The largest absolute Gasteiger partial charge is 0.326 e. The minimum Gasteiger partial charge on any atom is -0.326 e. The number of hydrogen-bond donors (Lipinski definition) is 2. The molecule has 1 fully saturated rings. The van der Waals surface area contributed by atoms with E-state index in [1.54, 1.807) is 6.07 Å². The van der Waals surface area contributed by atoms with Crippen LogP contribution in [0.5, 0.6) is 0 Å². The molecular formula is C12H12N2O2. The smallest absolute Gasteiger partial charge is 0.228 e. The number of hydrogen-bond acceptors (Lipinski definition) is 3. The first-order chi connectivity index (χ1) is 7.74. The van der Waals surface area contributed by atoms with Crippen LogP contribution in [-0.2, 0) is 11.2 Å². The molecule has 2 N–H and O–H groups in total. The molecule has 4 nitrogen and oxygen atoms in total. The second-order valence-electron chi connectivity index (χ2n) is 4.32. The fraction of sp³-hybridized carbons (Fsp3) is 0.333. The molecule has 0 aromatic heterocycles. The van der Waals surface area contributed by atoms with Gasteiger partial charge in [0.2, 0.25) is 5.91 Å². The van der Waals surface area contributed by atoms with Crippen LogP contribution in [0, 0.1) is 5.92 Å². The summed E-state index contributed by atoms with van der Waals surface area (Å²) in [7, 11) is 0. The van der Waals surface area contributed by atoms with Crippen molar-refractivity contribution in [1.82, 2.24) is 5.32 Å². The monoisotopic (exact) mass is 216 g/mol. The van der Waals surface area contributed by atoms with Crippen LogP contribution < -0.4 is 10.6 Å². The lowest BCUT2D eigenvalue weighted by molar-refractivity contribution is -0.115. The molecule has 1 amide bonds. The molecule has 1 saturated heterocycles. The lowest BCUT2D eigenvalue weighted by Gasteiger charge is -2.25. The van der Waals surface area contributed by atoms with Gasteiger partial charge in [-0.05, 0) is 23.8 Å². The molecule has 1 aromatic rings. The SMILES string of the molecule is O=C1Cc2cc(C(=O)C3CNC3)ccc2N1. The third-order valence-corrected chi connectivity index (χ3v) is 3.17. The second-order valence-corrected chi connectivity index (χ2v) is 4.32. The van der Waals surface area contributed by atoms with Crippen molar-refractivity contribution in [1.29, 1.82) is 0 Å². The molecule has 4 heteroatoms. The fourth-order valence-electron chi connectivity index (χ4n) is 2.09. The standard InChI is InChI=1S/C12H12N2O2/c15-11-4-8-3-7(1-2-10(8)14-11)12(16)9-5-13-6-9/h1-3,9,13H,4-6H2,(H,14,15). The maximum atomic E-state index is 12.0. The number of carbonyl (C=O) groups is 2. The normalized spacial score (nSPS) is 18.9. The van der Waals surface area contributed by atoms with Gasteiger partial charge in [-0.3, -0.25) is 9.59 Å². The van der Waals surface area contributed by atoms with E-state index in [1.807, 2.05) is 12.1 Å². The molecule has 0 aliphatic carbocycles. The van der Waals surface area contributed by atoms with Gasteiger partial charge < -0.3 is 10.6 Å². The first kappa shape index (κ1) is 9.54. The van der Waals surface area contributed by atoms with Gasteiger partial charge in [0.25, 0.3) is 0 Å². The van der Waals surface area contributed by atoms with Crippen LogP contribution in [0.2, 0.25) is 0 Å². The quantitative estimate of drug-likeness (QED) is 0.711. The Balaban J connectivity index is 1.89.